The van der Waals surface area contributed by atoms with Crippen LogP contribution in [0.15, 0.2) is 30.3 Å². The summed E-state index contributed by atoms with van der Waals surface area (Å²) in [5.41, 5.74) is 0.829. The first-order valence-corrected chi connectivity index (χ1v) is 7.54. The summed E-state index contributed by atoms with van der Waals surface area (Å²) in [7, 11) is -3.49. The van der Waals surface area contributed by atoms with Gasteiger partial charge in [0.2, 0.25) is 0 Å². The van der Waals surface area contributed by atoms with Crippen molar-refractivity contribution in [2.24, 2.45) is 0 Å². The van der Waals surface area contributed by atoms with Crippen molar-refractivity contribution in [2.75, 3.05) is 0 Å². The molecule has 0 aliphatic carbocycles. The van der Waals surface area contributed by atoms with E-state index in [2.05, 4.69) is 0 Å². The number of hydrogen-bond acceptors (Lipinski definition) is 3. The predicted octanol–water partition coefficient (Wildman–Crippen LogP) is 1.92. The van der Waals surface area contributed by atoms with Gasteiger partial charge >= 0.3 is 0 Å². The Balaban J connectivity index is 2.27. The van der Waals surface area contributed by atoms with Gasteiger partial charge in [-0.15, -0.1) is 0 Å². The minimum atomic E-state index is -3.49. The Bertz CT molecular complexity index is 547. The van der Waals surface area contributed by atoms with Gasteiger partial charge in [0.15, 0.2) is 4.75 Å². The summed E-state index contributed by atoms with van der Waals surface area (Å²) in [6.07, 6.45) is 0.686. The molecule has 1 amide bonds. The minimum absolute atomic E-state index is 0.143. The van der Waals surface area contributed by atoms with Gasteiger partial charge in [0.05, 0.1) is 6.54 Å². The molecular formula is C13H17NO3S. The quantitative estimate of drug-likeness (QED) is 0.837. The van der Waals surface area contributed by atoms with Gasteiger partial charge in [-0.3, -0.25) is 4.79 Å². The largest absolute Gasteiger partial charge is 0.272 e. The third-order valence-electron chi connectivity index (χ3n) is 3.71. The van der Waals surface area contributed by atoms with E-state index in [0.717, 1.165) is 9.87 Å². The molecule has 1 aliphatic rings. The fraction of sp³-hybridized carbons (Fsp3) is 0.462. The second-order valence-corrected chi connectivity index (χ2v) is 6.68. The van der Waals surface area contributed by atoms with Gasteiger partial charge in [0, 0.05) is 0 Å². The lowest BCUT2D eigenvalue weighted by molar-refractivity contribution is -0.134. The maximum Gasteiger partial charge on any atom is 0.259 e. The second-order valence-electron chi connectivity index (χ2n) is 4.50. The molecule has 1 heterocycles. The van der Waals surface area contributed by atoms with Crippen LogP contribution in [-0.4, -0.2) is 23.4 Å². The zero-order chi connectivity index (χ0) is 13.4. The highest BCUT2D eigenvalue weighted by Gasteiger charge is 2.63. The van der Waals surface area contributed by atoms with Crippen LogP contribution in [0.25, 0.3) is 0 Å². The predicted molar refractivity (Wildman–Crippen MR) is 69.2 cm³/mol. The van der Waals surface area contributed by atoms with E-state index in [9.17, 15) is 13.2 Å². The third kappa shape index (κ3) is 1.57. The topological polar surface area (TPSA) is 54.5 Å². The van der Waals surface area contributed by atoms with Crippen molar-refractivity contribution in [2.45, 2.75) is 38.0 Å². The maximum atomic E-state index is 12.3. The molecule has 98 valence electrons. The molecule has 4 nitrogen and oxygen atoms in total. The minimum Gasteiger partial charge on any atom is -0.272 e. The van der Waals surface area contributed by atoms with Crippen LogP contribution in [0.2, 0.25) is 0 Å². The normalized spacial score (nSPS) is 20.6. The third-order valence-corrected chi connectivity index (χ3v) is 6.33. The van der Waals surface area contributed by atoms with Crippen LogP contribution in [0.1, 0.15) is 32.3 Å². The zero-order valence-corrected chi connectivity index (χ0v) is 11.4. The molecule has 0 radical (unpaired) electrons. The molecule has 0 unspecified atom stereocenters. The lowest BCUT2D eigenvalue weighted by Crippen LogP contribution is -2.69. The number of carbonyl (C=O) groups is 1. The molecule has 0 bridgehead atoms. The highest BCUT2D eigenvalue weighted by molar-refractivity contribution is 7.94. The van der Waals surface area contributed by atoms with E-state index >= 15 is 0 Å². The average Bonchev–Trinajstić information content (AvgIpc) is 2.38. The van der Waals surface area contributed by atoms with Crippen LogP contribution in [0, 0.1) is 0 Å². The molecule has 1 aromatic carbocycles. The van der Waals surface area contributed by atoms with Crippen LogP contribution in [0.4, 0.5) is 0 Å². The number of carbonyl (C=O) groups excluding carboxylic acids is 1. The summed E-state index contributed by atoms with van der Waals surface area (Å²) in [6.45, 7) is 3.64. The number of amides is 1. The SMILES string of the molecule is CCC1(CC)C(=O)N(Cc2ccccc2)S1(=O)=O. The fourth-order valence-corrected chi connectivity index (χ4v) is 4.50. The molecule has 2 rings (SSSR count). The van der Waals surface area contributed by atoms with E-state index in [1.165, 1.54) is 0 Å². The number of sulfonamides is 1. The zero-order valence-electron chi connectivity index (χ0n) is 10.6. The summed E-state index contributed by atoms with van der Waals surface area (Å²) >= 11 is 0. The monoisotopic (exact) mass is 267 g/mol. The summed E-state index contributed by atoms with van der Waals surface area (Å²) < 4.78 is 24.3. The van der Waals surface area contributed by atoms with Crippen LogP contribution in [-0.2, 0) is 21.4 Å². The van der Waals surface area contributed by atoms with Crippen LogP contribution in [0.5, 0.6) is 0 Å². The average molecular weight is 267 g/mol. The lowest BCUT2D eigenvalue weighted by atomic mass is 10.0. The number of nitrogens with zero attached hydrogens (tertiary/aromatic N) is 1. The number of benzene rings is 1. The maximum absolute atomic E-state index is 12.3. The molecule has 1 saturated heterocycles. The van der Waals surface area contributed by atoms with E-state index < -0.39 is 14.8 Å². The van der Waals surface area contributed by atoms with Crippen LogP contribution >= 0.6 is 0 Å². The molecule has 0 spiro atoms. The molecule has 0 aromatic heterocycles. The summed E-state index contributed by atoms with van der Waals surface area (Å²) in [4.78, 5) is 12.1. The highest BCUT2D eigenvalue weighted by Crippen LogP contribution is 2.41. The van der Waals surface area contributed by atoms with E-state index in [1.54, 1.807) is 13.8 Å². The summed E-state index contributed by atoms with van der Waals surface area (Å²) in [6, 6.07) is 9.16. The molecule has 18 heavy (non-hydrogen) atoms. The van der Waals surface area contributed by atoms with Crippen molar-refractivity contribution in [1.29, 1.82) is 0 Å². The molecule has 0 N–H and O–H groups in total. The Morgan fingerprint density at radius 2 is 1.67 bits per heavy atom. The van der Waals surface area contributed by atoms with Crippen molar-refractivity contribution in [3.05, 3.63) is 35.9 Å². The smallest absolute Gasteiger partial charge is 0.259 e. The van der Waals surface area contributed by atoms with E-state index in [-0.39, 0.29) is 12.5 Å². The van der Waals surface area contributed by atoms with Crippen molar-refractivity contribution in [3.8, 4) is 0 Å². The molecular weight excluding hydrogens is 250 g/mol. The molecule has 5 heteroatoms. The molecule has 0 atom stereocenters. The van der Waals surface area contributed by atoms with Gasteiger partial charge in [0.1, 0.15) is 0 Å². The summed E-state index contributed by atoms with van der Waals surface area (Å²) in [5.74, 6) is -0.267. The Morgan fingerprint density at radius 3 is 2.11 bits per heavy atom. The Kier molecular flexibility index (Phi) is 3.19. The van der Waals surface area contributed by atoms with Gasteiger partial charge in [-0.05, 0) is 18.4 Å². The van der Waals surface area contributed by atoms with Crippen LogP contribution < -0.4 is 0 Å². The van der Waals surface area contributed by atoms with Gasteiger partial charge in [-0.2, -0.15) is 0 Å². The first kappa shape index (κ1) is 13.1. The van der Waals surface area contributed by atoms with Gasteiger partial charge in [0.25, 0.3) is 15.9 Å². The van der Waals surface area contributed by atoms with Gasteiger partial charge < -0.3 is 0 Å². The van der Waals surface area contributed by atoms with E-state index in [0.29, 0.717) is 12.8 Å². The number of hydrogen-bond donors (Lipinski definition) is 0. The molecule has 1 aliphatic heterocycles. The molecule has 0 saturated carbocycles. The Labute approximate surface area is 108 Å². The lowest BCUT2D eigenvalue weighted by Gasteiger charge is -2.46. The van der Waals surface area contributed by atoms with E-state index in [1.807, 2.05) is 30.3 Å². The van der Waals surface area contributed by atoms with E-state index in [4.69, 9.17) is 0 Å². The molecule has 1 fully saturated rings. The Morgan fingerprint density at radius 1 is 1.11 bits per heavy atom. The molecule has 1 aromatic rings. The highest BCUT2D eigenvalue weighted by atomic mass is 32.2. The first-order valence-electron chi connectivity index (χ1n) is 6.10. The van der Waals surface area contributed by atoms with Crippen LogP contribution in [0.3, 0.4) is 0 Å². The summed E-state index contributed by atoms with van der Waals surface area (Å²) in [5, 5.41) is 0. The number of rotatable bonds is 4. The first-order chi connectivity index (χ1) is 8.49. The second kappa shape index (κ2) is 4.39. The van der Waals surface area contributed by atoms with Crippen molar-refractivity contribution in [1.82, 2.24) is 4.31 Å². The Hall–Kier alpha value is -1.36. The fourth-order valence-electron chi connectivity index (χ4n) is 2.44. The van der Waals surface area contributed by atoms with Crippen molar-refractivity contribution >= 4 is 15.9 Å². The van der Waals surface area contributed by atoms with Gasteiger partial charge in [-0.25, -0.2) is 12.7 Å². The van der Waals surface area contributed by atoms with Gasteiger partial charge in [-0.1, -0.05) is 44.2 Å². The van der Waals surface area contributed by atoms with Crippen molar-refractivity contribution < 1.29 is 13.2 Å². The van der Waals surface area contributed by atoms with Crippen molar-refractivity contribution in [3.63, 3.8) is 0 Å². The standard InChI is InChI=1S/C13H17NO3S/c1-3-13(4-2)12(15)14(18(13,16)17)10-11-8-6-5-7-9-11/h5-9H,3-4,10H2,1-2H3.